The van der Waals surface area contributed by atoms with Crippen LogP contribution < -0.4 is 11.1 Å². The number of pyridine rings is 1. The van der Waals surface area contributed by atoms with E-state index in [1.54, 1.807) is 0 Å². The van der Waals surface area contributed by atoms with Crippen molar-refractivity contribution in [3.63, 3.8) is 0 Å². The summed E-state index contributed by atoms with van der Waals surface area (Å²) in [5, 5.41) is 11.9. The summed E-state index contributed by atoms with van der Waals surface area (Å²) in [6.07, 6.45) is 2.44. The van der Waals surface area contributed by atoms with Crippen LogP contribution >= 0.6 is 0 Å². The average Bonchev–Trinajstić information content (AvgIpc) is 2.34. The van der Waals surface area contributed by atoms with Crippen molar-refractivity contribution in [1.29, 1.82) is 0 Å². The maximum atomic E-state index is 10.9. The lowest BCUT2D eigenvalue weighted by Gasteiger charge is -2.10. The molecular weight excluding hydrogens is 246 g/mol. The van der Waals surface area contributed by atoms with Gasteiger partial charge >= 0.3 is 5.97 Å². The molecule has 0 aliphatic carbocycles. The topological polar surface area (TPSA) is 97.5 Å². The zero-order valence-corrected chi connectivity index (χ0v) is 11.3. The van der Waals surface area contributed by atoms with Crippen molar-refractivity contribution in [1.82, 2.24) is 4.98 Å². The molecule has 1 rings (SSSR count). The van der Waals surface area contributed by atoms with Crippen LogP contribution in [0.5, 0.6) is 0 Å². The molecule has 0 unspecified atom stereocenters. The summed E-state index contributed by atoms with van der Waals surface area (Å²) in [5.74, 6) is -0.0546. The van der Waals surface area contributed by atoms with Crippen molar-refractivity contribution in [3.8, 4) is 0 Å². The van der Waals surface area contributed by atoms with E-state index in [4.69, 9.17) is 15.6 Å². The first-order valence-electron chi connectivity index (χ1n) is 6.31. The molecule has 106 valence electrons. The predicted molar refractivity (Wildman–Crippen MR) is 74.4 cm³/mol. The number of ether oxygens (including phenoxy) is 1. The fourth-order valence-electron chi connectivity index (χ4n) is 1.46. The van der Waals surface area contributed by atoms with Gasteiger partial charge in [-0.3, -0.25) is 0 Å². The average molecular weight is 267 g/mol. The van der Waals surface area contributed by atoms with E-state index >= 15 is 0 Å². The van der Waals surface area contributed by atoms with Crippen molar-refractivity contribution in [3.05, 3.63) is 17.8 Å². The van der Waals surface area contributed by atoms with Gasteiger partial charge in [-0.25, -0.2) is 9.78 Å². The number of carboxylic acid groups (broad SMARTS) is 1. The minimum absolute atomic E-state index is 0.0539. The number of hydrogen-bond donors (Lipinski definition) is 3. The minimum Gasteiger partial charge on any atom is -0.478 e. The fraction of sp³-hybridized carbons (Fsp3) is 0.538. The second-order valence-corrected chi connectivity index (χ2v) is 4.65. The molecule has 6 heteroatoms. The van der Waals surface area contributed by atoms with Crippen molar-refractivity contribution in [2.75, 3.05) is 30.8 Å². The van der Waals surface area contributed by atoms with Gasteiger partial charge in [0.25, 0.3) is 0 Å². The van der Waals surface area contributed by atoms with Gasteiger partial charge in [-0.1, -0.05) is 13.8 Å². The van der Waals surface area contributed by atoms with Gasteiger partial charge < -0.3 is 20.9 Å². The molecule has 1 heterocycles. The maximum Gasteiger partial charge on any atom is 0.337 e. The van der Waals surface area contributed by atoms with E-state index in [2.05, 4.69) is 24.1 Å². The van der Waals surface area contributed by atoms with Crippen LogP contribution in [-0.2, 0) is 4.74 Å². The zero-order valence-electron chi connectivity index (χ0n) is 11.3. The molecule has 0 bridgehead atoms. The minimum atomic E-state index is -1.06. The quantitative estimate of drug-likeness (QED) is 0.622. The van der Waals surface area contributed by atoms with Crippen LogP contribution in [0.15, 0.2) is 12.3 Å². The third kappa shape index (κ3) is 5.13. The van der Waals surface area contributed by atoms with E-state index in [1.165, 1.54) is 12.3 Å². The van der Waals surface area contributed by atoms with Gasteiger partial charge in [0.1, 0.15) is 5.82 Å². The lowest BCUT2D eigenvalue weighted by atomic mass is 10.1. The molecule has 19 heavy (non-hydrogen) atoms. The third-order valence-corrected chi connectivity index (χ3v) is 2.60. The van der Waals surface area contributed by atoms with E-state index in [0.717, 1.165) is 13.0 Å². The number of nitrogens with two attached hydrogens (primary N) is 1. The van der Waals surface area contributed by atoms with Gasteiger partial charge in [-0.05, 0) is 18.4 Å². The van der Waals surface area contributed by atoms with Crippen molar-refractivity contribution >= 4 is 17.5 Å². The number of carboxylic acids is 1. The van der Waals surface area contributed by atoms with Gasteiger partial charge in [0.2, 0.25) is 0 Å². The highest BCUT2D eigenvalue weighted by molar-refractivity contribution is 5.96. The van der Waals surface area contributed by atoms with Crippen LogP contribution in [0.25, 0.3) is 0 Å². The van der Waals surface area contributed by atoms with Crippen molar-refractivity contribution < 1.29 is 14.6 Å². The molecule has 1 aromatic heterocycles. The first-order chi connectivity index (χ1) is 9.02. The highest BCUT2D eigenvalue weighted by Gasteiger charge is 2.11. The Morgan fingerprint density at radius 3 is 2.89 bits per heavy atom. The number of anilines is 2. The molecule has 0 saturated carbocycles. The Hall–Kier alpha value is -1.82. The summed E-state index contributed by atoms with van der Waals surface area (Å²) in [6.45, 7) is 6.08. The second-order valence-electron chi connectivity index (χ2n) is 4.65. The zero-order chi connectivity index (χ0) is 14.3. The van der Waals surface area contributed by atoms with Crippen molar-refractivity contribution in [2.45, 2.75) is 20.3 Å². The Labute approximate surface area is 113 Å². The van der Waals surface area contributed by atoms with Crippen LogP contribution in [0.2, 0.25) is 0 Å². The summed E-state index contributed by atoms with van der Waals surface area (Å²) in [4.78, 5) is 14.9. The van der Waals surface area contributed by atoms with Crippen molar-refractivity contribution in [2.24, 2.45) is 5.92 Å². The Morgan fingerprint density at radius 2 is 2.26 bits per heavy atom. The monoisotopic (exact) mass is 267 g/mol. The first kappa shape index (κ1) is 15.2. The number of rotatable bonds is 8. The fourth-order valence-corrected chi connectivity index (χ4v) is 1.46. The first-order valence-corrected chi connectivity index (χ1v) is 6.31. The van der Waals surface area contributed by atoms with E-state index in [9.17, 15) is 4.79 Å². The molecule has 0 saturated heterocycles. The molecule has 0 spiro atoms. The summed E-state index contributed by atoms with van der Waals surface area (Å²) in [5.41, 5.74) is 5.92. The smallest absolute Gasteiger partial charge is 0.337 e. The van der Waals surface area contributed by atoms with Gasteiger partial charge in [0, 0.05) is 19.3 Å². The number of hydrogen-bond acceptors (Lipinski definition) is 5. The number of nitrogens with zero attached hydrogens (tertiary/aromatic N) is 1. The van der Waals surface area contributed by atoms with Crippen LogP contribution in [0.3, 0.4) is 0 Å². The molecule has 0 amide bonds. The van der Waals surface area contributed by atoms with Gasteiger partial charge in [0.05, 0.1) is 17.9 Å². The Bertz CT molecular complexity index is 422. The van der Waals surface area contributed by atoms with Gasteiger partial charge in [0.15, 0.2) is 0 Å². The highest BCUT2D eigenvalue weighted by atomic mass is 16.5. The normalized spacial score (nSPS) is 10.7. The molecule has 0 aromatic carbocycles. The van der Waals surface area contributed by atoms with Crippen LogP contribution in [0.1, 0.15) is 30.6 Å². The molecule has 6 nitrogen and oxygen atoms in total. The van der Waals surface area contributed by atoms with E-state index in [1.807, 2.05) is 0 Å². The number of aromatic nitrogens is 1. The molecule has 1 aromatic rings. The van der Waals surface area contributed by atoms with E-state index in [-0.39, 0.29) is 11.3 Å². The molecule has 0 radical (unpaired) electrons. The molecule has 0 aliphatic rings. The molecule has 0 atom stereocenters. The third-order valence-electron chi connectivity index (χ3n) is 2.60. The Morgan fingerprint density at radius 1 is 1.53 bits per heavy atom. The number of nitrogen functional groups attached to an aromatic ring is 1. The molecule has 0 fully saturated rings. The molecule has 0 aliphatic heterocycles. The Balaban J connectivity index is 2.37. The van der Waals surface area contributed by atoms with Crippen LogP contribution in [-0.4, -0.2) is 35.8 Å². The van der Waals surface area contributed by atoms with E-state index < -0.39 is 5.97 Å². The summed E-state index contributed by atoms with van der Waals surface area (Å²) >= 11 is 0. The van der Waals surface area contributed by atoms with Crippen LogP contribution in [0, 0.1) is 5.92 Å². The standard InChI is InChI=1S/C13H21N3O3/c1-9(2)4-7-19-8-6-16-12-11(14)10(13(17)18)3-5-15-12/h3,5,9H,4,6-8,14H2,1-2H3,(H,15,16)(H,17,18). The SMILES string of the molecule is CC(C)CCOCCNc1nccc(C(=O)O)c1N. The largest absolute Gasteiger partial charge is 0.478 e. The Kier molecular flexibility index (Phi) is 6.08. The van der Waals surface area contributed by atoms with Gasteiger partial charge in [-0.15, -0.1) is 0 Å². The lowest BCUT2D eigenvalue weighted by molar-refractivity contribution is 0.0698. The summed E-state index contributed by atoms with van der Waals surface area (Å²) < 4.78 is 5.44. The highest BCUT2D eigenvalue weighted by Crippen LogP contribution is 2.19. The van der Waals surface area contributed by atoms with E-state index in [0.29, 0.717) is 24.9 Å². The predicted octanol–water partition coefficient (Wildman–Crippen LogP) is 1.84. The summed E-state index contributed by atoms with van der Waals surface area (Å²) in [6, 6.07) is 1.38. The number of carbonyl (C=O) groups is 1. The van der Waals surface area contributed by atoms with Crippen LogP contribution in [0.4, 0.5) is 11.5 Å². The molecule has 4 N–H and O–H groups in total. The summed E-state index contributed by atoms with van der Waals surface area (Å²) in [7, 11) is 0. The lowest BCUT2D eigenvalue weighted by Crippen LogP contribution is -2.14. The molecular formula is C13H21N3O3. The number of aromatic carboxylic acids is 1. The maximum absolute atomic E-state index is 10.9. The second kappa shape index (κ2) is 7.58. The number of nitrogens with one attached hydrogen (secondary N) is 1. The van der Waals surface area contributed by atoms with Gasteiger partial charge in [-0.2, -0.15) is 0 Å².